The van der Waals surface area contributed by atoms with E-state index in [-0.39, 0.29) is 11.7 Å². The summed E-state index contributed by atoms with van der Waals surface area (Å²) in [6.45, 7) is 2.67. The third kappa shape index (κ3) is 3.67. The van der Waals surface area contributed by atoms with E-state index in [9.17, 15) is 9.18 Å². The largest absolute Gasteiger partial charge is 0.368 e. The number of hydrogen-bond acceptors (Lipinski definition) is 5. The maximum absolute atomic E-state index is 13.1. The highest BCUT2D eigenvalue weighted by molar-refractivity contribution is 5.95. The molecular weight excluding hydrogens is 383 g/mol. The minimum atomic E-state index is -0.242. The fourth-order valence-corrected chi connectivity index (χ4v) is 3.97. The van der Waals surface area contributed by atoms with E-state index in [0.29, 0.717) is 49.4 Å². The molecule has 0 radical (unpaired) electrons. The van der Waals surface area contributed by atoms with Gasteiger partial charge in [0.05, 0.1) is 0 Å². The van der Waals surface area contributed by atoms with Crippen LogP contribution in [0.1, 0.15) is 41.4 Å². The van der Waals surface area contributed by atoms with Gasteiger partial charge in [-0.15, -0.1) is 0 Å². The topological polar surface area (TPSA) is 62.5 Å². The normalized spacial score (nSPS) is 17.1. The van der Waals surface area contributed by atoms with E-state index in [0.717, 1.165) is 24.1 Å². The summed E-state index contributed by atoms with van der Waals surface area (Å²) < 4.78 is 18.6. The Balaban J connectivity index is 1.26. The van der Waals surface area contributed by atoms with Gasteiger partial charge in [0.2, 0.25) is 11.7 Å². The van der Waals surface area contributed by atoms with Crippen molar-refractivity contribution in [3.63, 3.8) is 0 Å². The number of hydrogen-bond donors (Lipinski definition) is 0. The van der Waals surface area contributed by atoms with Gasteiger partial charge in [0.15, 0.2) is 0 Å². The Kier molecular flexibility index (Phi) is 4.94. The summed E-state index contributed by atoms with van der Waals surface area (Å²) in [7, 11) is 0. The fourth-order valence-electron chi connectivity index (χ4n) is 3.97. The molecule has 154 valence electrons. The predicted octanol–water partition coefficient (Wildman–Crippen LogP) is 4.11. The Morgan fingerprint density at radius 2 is 1.80 bits per heavy atom. The van der Waals surface area contributed by atoms with E-state index in [1.807, 2.05) is 29.2 Å². The molecule has 0 spiro atoms. The van der Waals surface area contributed by atoms with Crippen LogP contribution in [0.5, 0.6) is 0 Å². The molecule has 0 unspecified atom stereocenters. The molecule has 2 fully saturated rings. The second-order valence-corrected chi connectivity index (χ2v) is 7.92. The average Bonchev–Trinajstić information content (AvgIpc) is 3.22. The molecule has 1 saturated heterocycles. The van der Waals surface area contributed by atoms with Crippen LogP contribution >= 0.6 is 0 Å². The molecule has 3 aromatic rings. The summed E-state index contributed by atoms with van der Waals surface area (Å²) in [5.41, 5.74) is 2.39. The summed E-state index contributed by atoms with van der Waals surface area (Å²) in [5.74, 6) is 1.37. The van der Waals surface area contributed by atoms with Crippen molar-refractivity contribution in [2.45, 2.75) is 25.2 Å². The van der Waals surface area contributed by atoms with Crippen molar-refractivity contribution < 1.29 is 13.7 Å². The smallest absolute Gasteiger partial charge is 0.253 e. The molecule has 1 aliphatic carbocycles. The van der Waals surface area contributed by atoms with Gasteiger partial charge in [0.1, 0.15) is 5.82 Å². The summed E-state index contributed by atoms with van der Waals surface area (Å²) in [6.07, 6.45) is 3.41. The molecule has 5 rings (SSSR count). The van der Waals surface area contributed by atoms with Crippen molar-refractivity contribution in [2.75, 3.05) is 31.1 Å². The minimum absolute atomic E-state index is 0.00156. The molecule has 1 aliphatic heterocycles. The Morgan fingerprint density at radius 3 is 2.50 bits per heavy atom. The number of carbonyl (C=O) groups excluding carboxylic acids is 1. The Morgan fingerprint density at radius 1 is 1.03 bits per heavy atom. The lowest BCUT2D eigenvalue weighted by atomic mass is 9.85. The van der Waals surface area contributed by atoms with Crippen LogP contribution in [0, 0.1) is 5.82 Å². The lowest BCUT2D eigenvalue weighted by Gasteiger charge is -2.36. The number of nitrogens with zero attached hydrogens (tertiary/aromatic N) is 4. The average molecular weight is 406 g/mol. The van der Waals surface area contributed by atoms with Gasteiger partial charge in [-0.05, 0) is 49.2 Å². The van der Waals surface area contributed by atoms with Crippen LogP contribution in [-0.2, 0) is 0 Å². The number of aromatic nitrogens is 2. The summed E-state index contributed by atoms with van der Waals surface area (Å²) in [4.78, 5) is 21.6. The first-order chi connectivity index (χ1) is 14.7. The predicted molar refractivity (Wildman–Crippen MR) is 111 cm³/mol. The van der Waals surface area contributed by atoms with Crippen LogP contribution in [0.3, 0.4) is 0 Å². The first-order valence-corrected chi connectivity index (χ1v) is 10.4. The number of rotatable bonds is 4. The molecule has 2 aromatic carbocycles. The highest BCUT2D eigenvalue weighted by atomic mass is 19.1. The third-order valence-electron chi connectivity index (χ3n) is 6.02. The number of anilines is 1. The SMILES string of the molecule is O=C(c1cccc(-c2noc(C3CCC3)n2)c1)N1CCN(c2ccc(F)cc2)CC1. The summed E-state index contributed by atoms with van der Waals surface area (Å²) in [5, 5.41) is 4.11. The molecule has 1 saturated carbocycles. The van der Waals surface area contributed by atoms with Crippen molar-refractivity contribution in [1.82, 2.24) is 15.0 Å². The van der Waals surface area contributed by atoms with Crippen LogP contribution in [-0.4, -0.2) is 47.1 Å². The highest BCUT2D eigenvalue weighted by Crippen LogP contribution is 2.36. The maximum atomic E-state index is 13.1. The quantitative estimate of drug-likeness (QED) is 0.653. The van der Waals surface area contributed by atoms with Crippen molar-refractivity contribution in [2.24, 2.45) is 0 Å². The second kappa shape index (κ2) is 7.89. The molecule has 0 atom stereocenters. The number of halogens is 1. The number of amides is 1. The summed E-state index contributed by atoms with van der Waals surface area (Å²) >= 11 is 0. The molecule has 30 heavy (non-hydrogen) atoms. The van der Waals surface area contributed by atoms with Gasteiger partial charge >= 0.3 is 0 Å². The van der Waals surface area contributed by atoms with E-state index in [2.05, 4.69) is 15.0 Å². The lowest BCUT2D eigenvalue weighted by molar-refractivity contribution is 0.0747. The zero-order valence-electron chi connectivity index (χ0n) is 16.6. The molecule has 0 bridgehead atoms. The second-order valence-electron chi connectivity index (χ2n) is 7.92. The summed E-state index contributed by atoms with van der Waals surface area (Å²) in [6, 6.07) is 13.9. The molecule has 2 heterocycles. The fraction of sp³-hybridized carbons (Fsp3) is 0.348. The first-order valence-electron chi connectivity index (χ1n) is 10.4. The monoisotopic (exact) mass is 406 g/mol. The van der Waals surface area contributed by atoms with E-state index in [1.54, 1.807) is 12.1 Å². The third-order valence-corrected chi connectivity index (χ3v) is 6.02. The molecule has 6 nitrogen and oxygen atoms in total. The van der Waals surface area contributed by atoms with Crippen molar-refractivity contribution in [1.29, 1.82) is 0 Å². The first kappa shape index (κ1) is 18.8. The van der Waals surface area contributed by atoms with E-state index in [4.69, 9.17) is 4.52 Å². The van der Waals surface area contributed by atoms with Gasteiger partial charge < -0.3 is 14.3 Å². The van der Waals surface area contributed by atoms with E-state index >= 15 is 0 Å². The van der Waals surface area contributed by atoms with Gasteiger partial charge in [-0.2, -0.15) is 4.98 Å². The highest BCUT2D eigenvalue weighted by Gasteiger charge is 2.26. The molecule has 7 heteroatoms. The molecule has 1 amide bonds. The standard InChI is InChI=1S/C23H23FN4O2/c24-19-7-9-20(10-8-19)27-11-13-28(14-12-27)23(29)18-6-2-5-17(15-18)21-25-22(30-26-21)16-3-1-4-16/h2,5-10,15-16H,1,3-4,11-14H2. The van der Waals surface area contributed by atoms with Crippen LogP contribution in [0.4, 0.5) is 10.1 Å². The van der Waals surface area contributed by atoms with Crippen molar-refractivity contribution >= 4 is 11.6 Å². The molecule has 1 aromatic heterocycles. The Labute approximate surface area is 174 Å². The van der Waals surface area contributed by atoms with Crippen molar-refractivity contribution in [3.05, 3.63) is 65.8 Å². The molecule has 0 N–H and O–H groups in total. The number of piperazine rings is 1. The zero-order chi connectivity index (χ0) is 20.5. The van der Waals surface area contributed by atoms with Gasteiger partial charge in [-0.3, -0.25) is 4.79 Å². The van der Waals surface area contributed by atoms with Crippen LogP contribution in [0.25, 0.3) is 11.4 Å². The van der Waals surface area contributed by atoms with Gasteiger partial charge in [0, 0.05) is 48.9 Å². The van der Waals surface area contributed by atoms with Crippen LogP contribution in [0.2, 0.25) is 0 Å². The number of carbonyl (C=O) groups is 1. The maximum Gasteiger partial charge on any atom is 0.253 e. The molecular formula is C23H23FN4O2. The van der Waals surface area contributed by atoms with Gasteiger partial charge in [0.25, 0.3) is 5.91 Å². The van der Waals surface area contributed by atoms with Crippen LogP contribution in [0.15, 0.2) is 53.1 Å². The van der Waals surface area contributed by atoms with Gasteiger partial charge in [-0.1, -0.05) is 23.7 Å². The number of benzene rings is 2. The van der Waals surface area contributed by atoms with E-state index < -0.39 is 0 Å². The molecule has 2 aliphatic rings. The minimum Gasteiger partial charge on any atom is -0.368 e. The zero-order valence-corrected chi connectivity index (χ0v) is 16.6. The lowest BCUT2D eigenvalue weighted by Crippen LogP contribution is -2.48. The van der Waals surface area contributed by atoms with Crippen molar-refractivity contribution in [3.8, 4) is 11.4 Å². The Bertz CT molecular complexity index is 1040. The Hall–Kier alpha value is -3.22. The van der Waals surface area contributed by atoms with E-state index in [1.165, 1.54) is 18.6 Å². The van der Waals surface area contributed by atoms with Crippen LogP contribution < -0.4 is 4.90 Å². The van der Waals surface area contributed by atoms with Gasteiger partial charge in [-0.25, -0.2) is 4.39 Å².